The lowest BCUT2D eigenvalue weighted by atomic mass is 9.88. The molecule has 0 bridgehead atoms. The Labute approximate surface area is 174 Å². The summed E-state index contributed by atoms with van der Waals surface area (Å²) in [5.41, 5.74) is 1.28. The van der Waals surface area contributed by atoms with Crippen molar-refractivity contribution in [3.63, 3.8) is 0 Å². The van der Waals surface area contributed by atoms with E-state index in [0.717, 1.165) is 56.4 Å². The van der Waals surface area contributed by atoms with Gasteiger partial charge < -0.3 is 25.0 Å². The van der Waals surface area contributed by atoms with Crippen LogP contribution in [0.1, 0.15) is 25.3 Å². The summed E-state index contributed by atoms with van der Waals surface area (Å²) in [7, 11) is 5.97. The number of likely N-dealkylation sites (N-methyl/N-ethyl adjacent to an activating group) is 1. The molecule has 0 radical (unpaired) electrons. The van der Waals surface area contributed by atoms with Gasteiger partial charge in [0.05, 0.1) is 13.7 Å². The molecule has 0 spiro atoms. The first-order valence-corrected chi connectivity index (χ1v) is 9.00. The fourth-order valence-corrected chi connectivity index (χ4v) is 3.02. The van der Waals surface area contributed by atoms with E-state index in [9.17, 15) is 0 Å². The Bertz CT molecular complexity index is 543. The Kier molecular flexibility index (Phi) is 10.3. The summed E-state index contributed by atoms with van der Waals surface area (Å²) in [6.07, 6.45) is 2.07. The number of halogens is 1. The van der Waals surface area contributed by atoms with Crippen LogP contribution in [0.4, 0.5) is 0 Å². The first kappa shape index (κ1) is 23.0. The zero-order valence-corrected chi connectivity index (χ0v) is 18.7. The summed E-state index contributed by atoms with van der Waals surface area (Å²) in [5.74, 6) is 1.72. The van der Waals surface area contributed by atoms with Gasteiger partial charge in [-0.3, -0.25) is 0 Å². The molecule has 148 valence electrons. The maximum atomic E-state index is 5.54. The Hall–Kier alpha value is -1.06. The second-order valence-electron chi connectivity index (χ2n) is 6.63. The SMILES string of the molecule is CCNC(=NCc1ccc(OC)cc1)NCC1(N(C)C)CCOCC1.I. The Morgan fingerprint density at radius 2 is 1.85 bits per heavy atom. The molecule has 0 unspecified atom stereocenters. The van der Waals surface area contributed by atoms with Gasteiger partial charge in [-0.15, -0.1) is 24.0 Å². The Balaban J connectivity index is 0.00000338. The highest BCUT2D eigenvalue weighted by Crippen LogP contribution is 2.25. The fraction of sp³-hybridized carbons (Fsp3) is 0.632. The van der Waals surface area contributed by atoms with E-state index in [0.29, 0.717) is 6.54 Å². The van der Waals surface area contributed by atoms with Crippen LogP contribution in [0.25, 0.3) is 0 Å². The normalized spacial score (nSPS) is 16.7. The molecule has 1 aromatic carbocycles. The van der Waals surface area contributed by atoms with Crippen molar-refractivity contribution >= 4 is 29.9 Å². The molecule has 1 saturated heterocycles. The number of ether oxygens (including phenoxy) is 2. The van der Waals surface area contributed by atoms with Crippen LogP contribution in [-0.2, 0) is 11.3 Å². The molecule has 0 amide bonds. The standard InChI is InChI=1S/C19H32N4O2.HI/c1-5-20-18(21-14-16-6-8-17(24-4)9-7-16)22-15-19(23(2)3)10-12-25-13-11-19;/h6-9H,5,10-15H2,1-4H3,(H2,20,21,22);1H. The second-order valence-corrected chi connectivity index (χ2v) is 6.63. The monoisotopic (exact) mass is 476 g/mol. The van der Waals surface area contributed by atoms with Crippen molar-refractivity contribution in [2.24, 2.45) is 4.99 Å². The number of hydrogen-bond donors (Lipinski definition) is 2. The average Bonchev–Trinajstić information content (AvgIpc) is 2.65. The molecule has 1 aliphatic rings. The van der Waals surface area contributed by atoms with Crippen LogP contribution in [0, 0.1) is 0 Å². The van der Waals surface area contributed by atoms with E-state index < -0.39 is 0 Å². The van der Waals surface area contributed by atoms with Crippen molar-refractivity contribution in [1.82, 2.24) is 15.5 Å². The number of guanidine groups is 1. The van der Waals surface area contributed by atoms with Crippen molar-refractivity contribution in [2.45, 2.75) is 31.8 Å². The van der Waals surface area contributed by atoms with Crippen LogP contribution in [0.15, 0.2) is 29.3 Å². The molecule has 1 aliphatic heterocycles. The first-order chi connectivity index (χ1) is 12.1. The third kappa shape index (κ3) is 6.59. The highest BCUT2D eigenvalue weighted by Gasteiger charge is 2.34. The summed E-state index contributed by atoms with van der Waals surface area (Å²) in [4.78, 5) is 7.03. The van der Waals surface area contributed by atoms with Crippen LogP contribution < -0.4 is 15.4 Å². The molecule has 2 rings (SSSR count). The molecule has 7 heteroatoms. The van der Waals surface area contributed by atoms with Gasteiger partial charge in [-0.1, -0.05) is 12.1 Å². The molecule has 0 aromatic heterocycles. The first-order valence-electron chi connectivity index (χ1n) is 9.00. The Morgan fingerprint density at radius 1 is 1.19 bits per heavy atom. The molecule has 6 nitrogen and oxygen atoms in total. The fourth-order valence-electron chi connectivity index (χ4n) is 3.02. The molecule has 0 saturated carbocycles. The number of methoxy groups -OCH3 is 1. The van der Waals surface area contributed by atoms with Crippen LogP contribution in [0.5, 0.6) is 5.75 Å². The predicted molar refractivity (Wildman–Crippen MR) is 118 cm³/mol. The van der Waals surface area contributed by atoms with Crippen LogP contribution in [-0.4, -0.2) is 63.9 Å². The molecular formula is C19H33IN4O2. The minimum Gasteiger partial charge on any atom is -0.497 e. The third-order valence-corrected chi connectivity index (χ3v) is 4.88. The molecule has 26 heavy (non-hydrogen) atoms. The largest absolute Gasteiger partial charge is 0.497 e. The molecular weight excluding hydrogens is 443 g/mol. The minimum atomic E-state index is 0. The maximum absolute atomic E-state index is 5.54. The lowest BCUT2D eigenvalue weighted by Gasteiger charge is -2.43. The predicted octanol–water partition coefficient (Wildman–Crippen LogP) is 2.48. The number of nitrogens with zero attached hydrogens (tertiary/aromatic N) is 2. The molecule has 2 N–H and O–H groups in total. The van der Waals surface area contributed by atoms with Crippen LogP contribution in [0.3, 0.4) is 0 Å². The van der Waals surface area contributed by atoms with E-state index in [1.165, 1.54) is 0 Å². The lowest BCUT2D eigenvalue weighted by molar-refractivity contribution is -0.00501. The molecule has 1 heterocycles. The number of rotatable bonds is 7. The van der Waals surface area contributed by atoms with Gasteiger partial charge in [-0.25, -0.2) is 4.99 Å². The second kappa shape index (κ2) is 11.6. The highest BCUT2D eigenvalue weighted by molar-refractivity contribution is 14.0. The summed E-state index contributed by atoms with van der Waals surface area (Å²) in [6.45, 7) is 6.06. The van der Waals surface area contributed by atoms with E-state index in [1.807, 2.05) is 24.3 Å². The van der Waals surface area contributed by atoms with Gasteiger partial charge in [0.2, 0.25) is 0 Å². The van der Waals surface area contributed by atoms with Gasteiger partial charge >= 0.3 is 0 Å². The summed E-state index contributed by atoms with van der Waals surface area (Å²) >= 11 is 0. The van der Waals surface area contributed by atoms with Crippen molar-refractivity contribution in [2.75, 3.05) is 47.5 Å². The van der Waals surface area contributed by atoms with Gasteiger partial charge in [0.25, 0.3) is 0 Å². The summed E-state index contributed by atoms with van der Waals surface area (Å²) in [6, 6.07) is 8.03. The van der Waals surface area contributed by atoms with Gasteiger partial charge in [-0.05, 0) is 51.6 Å². The lowest BCUT2D eigenvalue weighted by Crippen LogP contribution is -2.57. The van der Waals surface area contributed by atoms with Crippen molar-refractivity contribution in [3.05, 3.63) is 29.8 Å². The van der Waals surface area contributed by atoms with E-state index >= 15 is 0 Å². The third-order valence-electron chi connectivity index (χ3n) is 4.88. The number of nitrogens with one attached hydrogen (secondary N) is 2. The topological polar surface area (TPSA) is 58.1 Å². The van der Waals surface area contributed by atoms with Crippen molar-refractivity contribution in [1.29, 1.82) is 0 Å². The Morgan fingerprint density at radius 3 is 2.38 bits per heavy atom. The zero-order valence-electron chi connectivity index (χ0n) is 16.4. The number of benzene rings is 1. The van der Waals surface area contributed by atoms with Crippen LogP contribution >= 0.6 is 24.0 Å². The number of hydrogen-bond acceptors (Lipinski definition) is 4. The summed E-state index contributed by atoms with van der Waals surface area (Å²) < 4.78 is 10.7. The minimum absolute atomic E-state index is 0. The smallest absolute Gasteiger partial charge is 0.191 e. The zero-order chi connectivity index (χ0) is 18.1. The average molecular weight is 476 g/mol. The van der Waals surface area contributed by atoms with E-state index in [-0.39, 0.29) is 29.5 Å². The quantitative estimate of drug-likeness (QED) is 0.360. The van der Waals surface area contributed by atoms with Gasteiger partial charge in [-0.2, -0.15) is 0 Å². The van der Waals surface area contributed by atoms with Gasteiger partial charge in [0.1, 0.15) is 5.75 Å². The van der Waals surface area contributed by atoms with E-state index in [1.54, 1.807) is 7.11 Å². The molecule has 1 fully saturated rings. The van der Waals surface area contributed by atoms with Gasteiger partial charge in [0.15, 0.2) is 5.96 Å². The van der Waals surface area contributed by atoms with Crippen LogP contribution in [0.2, 0.25) is 0 Å². The van der Waals surface area contributed by atoms with Crippen molar-refractivity contribution in [3.8, 4) is 5.75 Å². The highest BCUT2D eigenvalue weighted by atomic mass is 127. The number of aliphatic imine (C=N–C) groups is 1. The van der Waals surface area contributed by atoms with Crippen molar-refractivity contribution < 1.29 is 9.47 Å². The van der Waals surface area contributed by atoms with E-state index in [4.69, 9.17) is 14.5 Å². The van der Waals surface area contributed by atoms with Gasteiger partial charge in [0, 0.05) is 31.8 Å². The van der Waals surface area contributed by atoms with E-state index in [2.05, 4.69) is 36.6 Å². The molecule has 0 atom stereocenters. The summed E-state index contributed by atoms with van der Waals surface area (Å²) in [5, 5.41) is 6.86. The molecule has 1 aromatic rings. The molecule has 0 aliphatic carbocycles. The maximum Gasteiger partial charge on any atom is 0.191 e.